The largest absolute Gasteiger partial charge is 0.416 e. The van der Waals surface area contributed by atoms with Gasteiger partial charge < -0.3 is 10.5 Å². The SMILES string of the molecule is COCC(C)S(=O)c1ccc(C(F)(F)F)cc1N. The minimum absolute atomic E-state index is 0.119. The number of nitrogen functional groups attached to an aromatic ring is 1. The van der Waals surface area contributed by atoms with Crippen molar-refractivity contribution in [3.63, 3.8) is 0 Å². The Labute approximate surface area is 106 Å². The molecule has 2 N–H and O–H groups in total. The Morgan fingerprint density at radius 1 is 1.44 bits per heavy atom. The molecule has 1 aromatic carbocycles. The van der Waals surface area contributed by atoms with E-state index in [1.807, 2.05) is 0 Å². The highest BCUT2D eigenvalue weighted by molar-refractivity contribution is 7.85. The van der Waals surface area contributed by atoms with Crippen LogP contribution in [-0.2, 0) is 21.7 Å². The van der Waals surface area contributed by atoms with Crippen LogP contribution < -0.4 is 5.73 Å². The highest BCUT2D eigenvalue weighted by Crippen LogP contribution is 2.32. The molecule has 0 aliphatic carbocycles. The van der Waals surface area contributed by atoms with Gasteiger partial charge in [-0.25, -0.2) is 0 Å². The molecule has 0 fully saturated rings. The summed E-state index contributed by atoms with van der Waals surface area (Å²) in [5, 5.41) is -0.339. The number of ether oxygens (including phenoxy) is 1. The van der Waals surface area contributed by atoms with E-state index in [2.05, 4.69) is 0 Å². The molecule has 0 saturated carbocycles. The van der Waals surface area contributed by atoms with Crippen LogP contribution in [0, 0.1) is 0 Å². The molecule has 1 aromatic rings. The first-order valence-electron chi connectivity index (χ1n) is 5.13. The summed E-state index contributed by atoms with van der Waals surface area (Å²) < 4.78 is 54.1. The number of hydrogen-bond acceptors (Lipinski definition) is 3. The molecule has 0 heterocycles. The lowest BCUT2D eigenvalue weighted by Gasteiger charge is -2.14. The smallest absolute Gasteiger partial charge is 0.398 e. The zero-order chi connectivity index (χ0) is 13.9. The summed E-state index contributed by atoms with van der Waals surface area (Å²) in [6, 6.07) is 2.83. The number of halogens is 3. The minimum Gasteiger partial charge on any atom is -0.398 e. The van der Waals surface area contributed by atoms with Crippen molar-refractivity contribution in [2.75, 3.05) is 19.5 Å². The fraction of sp³-hybridized carbons (Fsp3) is 0.455. The van der Waals surface area contributed by atoms with Gasteiger partial charge in [-0.05, 0) is 25.1 Å². The molecule has 0 spiro atoms. The molecule has 0 amide bonds. The standard InChI is InChI=1S/C11H14F3NO2S/c1-7(6-17-2)18(16)10-4-3-8(5-9(10)15)11(12,13)14/h3-5,7H,6,15H2,1-2H3. The number of alkyl halides is 3. The van der Waals surface area contributed by atoms with E-state index in [4.69, 9.17) is 10.5 Å². The molecule has 0 aliphatic heterocycles. The van der Waals surface area contributed by atoms with Gasteiger partial charge in [-0.15, -0.1) is 0 Å². The molecule has 0 radical (unpaired) electrons. The zero-order valence-electron chi connectivity index (χ0n) is 9.95. The third-order valence-corrected chi connectivity index (χ3v) is 3.99. The molecule has 0 bridgehead atoms. The van der Waals surface area contributed by atoms with Crippen molar-refractivity contribution in [1.82, 2.24) is 0 Å². The molecule has 3 nitrogen and oxygen atoms in total. The molecule has 2 atom stereocenters. The minimum atomic E-state index is -4.45. The zero-order valence-corrected chi connectivity index (χ0v) is 10.8. The van der Waals surface area contributed by atoms with Gasteiger partial charge in [0.15, 0.2) is 0 Å². The quantitative estimate of drug-likeness (QED) is 0.862. The van der Waals surface area contributed by atoms with Gasteiger partial charge >= 0.3 is 6.18 Å². The lowest BCUT2D eigenvalue weighted by atomic mass is 10.2. The van der Waals surface area contributed by atoms with Crippen molar-refractivity contribution >= 4 is 16.5 Å². The second kappa shape index (κ2) is 5.71. The Balaban J connectivity index is 3.03. The highest BCUT2D eigenvalue weighted by Gasteiger charge is 2.31. The second-order valence-electron chi connectivity index (χ2n) is 3.81. The Kier molecular flexibility index (Phi) is 4.75. The van der Waals surface area contributed by atoms with Gasteiger partial charge in [-0.3, -0.25) is 4.21 Å². The second-order valence-corrected chi connectivity index (χ2v) is 5.65. The Hall–Kier alpha value is -1.08. The van der Waals surface area contributed by atoms with Crippen LogP contribution in [0.1, 0.15) is 12.5 Å². The van der Waals surface area contributed by atoms with E-state index in [1.165, 1.54) is 7.11 Å². The monoisotopic (exact) mass is 281 g/mol. The van der Waals surface area contributed by atoms with Gasteiger partial charge in [0.05, 0.1) is 33.1 Å². The first-order valence-corrected chi connectivity index (χ1v) is 6.35. The van der Waals surface area contributed by atoms with Crippen LogP contribution in [0.4, 0.5) is 18.9 Å². The number of methoxy groups -OCH3 is 1. The van der Waals surface area contributed by atoms with Crippen LogP contribution in [-0.4, -0.2) is 23.2 Å². The predicted molar refractivity (Wildman–Crippen MR) is 63.6 cm³/mol. The van der Waals surface area contributed by atoms with Gasteiger partial charge in [-0.1, -0.05) is 0 Å². The highest BCUT2D eigenvalue weighted by atomic mass is 32.2. The third kappa shape index (κ3) is 3.46. The molecular weight excluding hydrogens is 267 g/mol. The molecule has 1 rings (SSSR count). The van der Waals surface area contributed by atoms with Crippen LogP contribution in [0.5, 0.6) is 0 Å². The van der Waals surface area contributed by atoms with Gasteiger partial charge in [0.1, 0.15) is 0 Å². The van der Waals surface area contributed by atoms with E-state index in [1.54, 1.807) is 6.92 Å². The maximum atomic E-state index is 12.4. The van der Waals surface area contributed by atoms with Gasteiger partial charge in [-0.2, -0.15) is 13.2 Å². The number of benzene rings is 1. The van der Waals surface area contributed by atoms with Crippen molar-refractivity contribution in [1.29, 1.82) is 0 Å². The lowest BCUT2D eigenvalue weighted by molar-refractivity contribution is -0.137. The summed E-state index contributed by atoms with van der Waals surface area (Å²) in [6.45, 7) is 1.92. The van der Waals surface area contributed by atoms with E-state index in [9.17, 15) is 17.4 Å². The number of rotatable bonds is 4. The van der Waals surface area contributed by atoms with Crippen molar-refractivity contribution in [3.05, 3.63) is 23.8 Å². The molecule has 102 valence electrons. The molecule has 7 heteroatoms. The van der Waals surface area contributed by atoms with Crippen molar-refractivity contribution in [3.8, 4) is 0 Å². The molecule has 0 aromatic heterocycles. The van der Waals surface area contributed by atoms with E-state index >= 15 is 0 Å². The molecule has 18 heavy (non-hydrogen) atoms. The Morgan fingerprint density at radius 2 is 2.06 bits per heavy atom. The maximum absolute atomic E-state index is 12.4. The lowest BCUT2D eigenvalue weighted by Crippen LogP contribution is -2.18. The van der Waals surface area contributed by atoms with Gasteiger partial charge in [0.2, 0.25) is 0 Å². The number of anilines is 1. The molecular formula is C11H14F3NO2S. The van der Waals surface area contributed by atoms with E-state index in [-0.39, 0.29) is 22.4 Å². The third-order valence-electron chi connectivity index (χ3n) is 2.32. The topological polar surface area (TPSA) is 52.3 Å². The normalized spacial score (nSPS) is 15.4. The van der Waals surface area contributed by atoms with E-state index in [0.717, 1.165) is 18.2 Å². The summed E-state index contributed by atoms with van der Waals surface area (Å²) in [4.78, 5) is 0.201. The summed E-state index contributed by atoms with van der Waals surface area (Å²) in [5.74, 6) is 0. The molecule has 2 unspecified atom stereocenters. The average molecular weight is 281 g/mol. The first-order chi connectivity index (χ1) is 8.27. The van der Waals surface area contributed by atoms with Crippen LogP contribution in [0.2, 0.25) is 0 Å². The van der Waals surface area contributed by atoms with E-state index < -0.39 is 22.5 Å². The van der Waals surface area contributed by atoms with Crippen LogP contribution in [0.15, 0.2) is 23.1 Å². The summed E-state index contributed by atoms with van der Waals surface area (Å²) in [7, 11) is -0.0299. The Bertz CT molecular complexity index is 448. The van der Waals surface area contributed by atoms with Gasteiger partial charge in [0.25, 0.3) is 0 Å². The maximum Gasteiger partial charge on any atom is 0.416 e. The Morgan fingerprint density at radius 3 is 2.50 bits per heavy atom. The van der Waals surface area contributed by atoms with Crippen LogP contribution in [0.25, 0.3) is 0 Å². The molecule has 0 saturated heterocycles. The summed E-state index contributed by atoms with van der Waals surface area (Å²) in [6.07, 6.45) is -4.45. The average Bonchev–Trinajstić information content (AvgIpc) is 2.27. The van der Waals surface area contributed by atoms with Crippen LogP contribution >= 0.6 is 0 Å². The number of hydrogen-bond donors (Lipinski definition) is 1. The summed E-state index contributed by atoms with van der Waals surface area (Å²) in [5.41, 5.74) is 4.55. The predicted octanol–water partition coefficient (Wildman–Crippen LogP) is 2.43. The fourth-order valence-corrected chi connectivity index (χ4v) is 2.61. The van der Waals surface area contributed by atoms with Crippen molar-refractivity contribution < 1.29 is 22.1 Å². The van der Waals surface area contributed by atoms with Gasteiger partial charge in [0, 0.05) is 12.8 Å². The van der Waals surface area contributed by atoms with Crippen molar-refractivity contribution in [2.24, 2.45) is 0 Å². The van der Waals surface area contributed by atoms with Crippen molar-refractivity contribution in [2.45, 2.75) is 23.2 Å². The fourth-order valence-electron chi connectivity index (χ4n) is 1.42. The van der Waals surface area contributed by atoms with Crippen LogP contribution in [0.3, 0.4) is 0 Å². The molecule has 0 aliphatic rings. The number of nitrogens with two attached hydrogens (primary N) is 1. The first kappa shape index (κ1) is 15.0. The van der Waals surface area contributed by atoms with E-state index in [0.29, 0.717) is 0 Å². The summed E-state index contributed by atoms with van der Waals surface area (Å²) >= 11 is 0.